The number of ether oxygens (including phenoxy) is 1. The second-order valence-corrected chi connectivity index (χ2v) is 3.70. The minimum Gasteiger partial charge on any atom is -0.399 e. The summed E-state index contributed by atoms with van der Waals surface area (Å²) in [5.74, 6) is -0.0169. The molecule has 0 aliphatic heterocycles. The van der Waals surface area contributed by atoms with E-state index in [1.54, 1.807) is 7.11 Å². The lowest BCUT2D eigenvalue weighted by molar-refractivity contribution is -0.122. The Kier molecular flexibility index (Phi) is 4.79. The van der Waals surface area contributed by atoms with Gasteiger partial charge in [-0.1, -0.05) is 12.1 Å². The number of hydrogen-bond acceptors (Lipinski definition) is 3. The van der Waals surface area contributed by atoms with Crippen LogP contribution in [0.5, 0.6) is 0 Å². The maximum atomic E-state index is 11.4. The minimum atomic E-state index is -0.0344. The Bertz CT molecular complexity index is 353. The van der Waals surface area contributed by atoms with Gasteiger partial charge >= 0.3 is 0 Å². The van der Waals surface area contributed by atoms with Gasteiger partial charge in [-0.3, -0.25) is 4.79 Å². The summed E-state index contributed by atoms with van der Waals surface area (Å²) in [6.07, 6.45) is 0.378. The predicted molar refractivity (Wildman–Crippen MR) is 63.9 cm³/mol. The number of carbonyl (C=O) groups is 1. The van der Waals surface area contributed by atoms with Crippen LogP contribution in [0.25, 0.3) is 0 Å². The molecule has 1 amide bonds. The van der Waals surface area contributed by atoms with Gasteiger partial charge in [-0.15, -0.1) is 0 Å². The number of benzene rings is 1. The first-order chi connectivity index (χ1) is 7.63. The van der Waals surface area contributed by atoms with Crippen molar-refractivity contribution in [3.05, 3.63) is 29.8 Å². The van der Waals surface area contributed by atoms with Gasteiger partial charge in [0.25, 0.3) is 0 Å². The summed E-state index contributed by atoms with van der Waals surface area (Å²) in [5, 5.41) is 2.88. The zero-order chi connectivity index (χ0) is 12.0. The molecule has 0 aliphatic rings. The molecular formula is C12H18N2O2. The third kappa shape index (κ3) is 3.90. The molecule has 0 radical (unpaired) electrons. The molecule has 1 rings (SSSR count). The molecule has 0 spiro atoms. The number of rotatable bonds is 5. The normalized spacial score (nSPS) is 12.1. The maximum absolute atomic E-state index is 11.4. The van der Waals surface area contributed by atoms with E-state index in [4.69, 9.17) is 10.5 Å². The van der Waals surface area contributed by atoms with E-state index in [0.717, 1.165) is 5.56 Å². The molecule has 3 N–H and O–H groups in total. The van der Waals surface area contributed by atoms with Crippen molar-refractivity contribution in [3.63, 3.8) is 0 Å². The van der Waals surface area contributed by atoms with Gasteiger partial charge in [0.1, 0.15) is 0 Å². The molecule has 1 aromatic carbocycles. The summed E-state index contributed by atoms with van der Waals surface area (Å²) in [6.45, 7) is 2.37. The van der Waals surface area contributed by atoms with Crippen molar-refractivity contribution in [1.29, 1.82) is 0 Å². The van der Waals surface area contributed by atoms with Crippen LogP contribution in [0.4, 0.5) is 5.69 Å². The molecule has 0 saturated heterocycles. The van der Waals surface area contributed by atoms with E-state index in [1.165, 1.54) is 0 Å². The lowest BCUT2D eigenvalue weighted by Gasteiger charge is -2.14. The zero-order valence-electron chi connectivity index (χ0n) is 9.69. The zero-order valence-corrected chi connectivity index (χ0v) is 9.69. The van der Waals surface area contributed by atoms with Crippen molar-refractivity contribution in [2.75, 3.05) is 19.5 Å². The number of amides is 1. The van der Waals surface area contributed by atoms with E-state index in [9.17, 15) is 4.79 Å². The highest BCUT2D eigenvalue weighted by Gasteiger charge is 2.08. The van der Waals surface area contributed by atoms with Gasteiger partial charge in [0.05, 0.1) is 12.6 Å². The van der Waals surface area contributed by atoms with Crippen molar-refractivity contribution < 1.29 is 9.53 Å². The summed E-state index contributed by atoms with van der Waals surface area (Å²) in [7, 11) is 1.58. The Morgan fingerprint density at radius 3 is 2.94 bits per heavy atom. The molecule has 0 saturated carbocycles. The molecule has 0 bridgehead atoms. The Morgan fingerprint density at radius 2 is 2.31 bits per heavy atom. The van der Waals surface area contributed by atoms with Gasteiger partial charge in [0.15, 0.2) is 0 Å². The number of carbonyl (C=O) groups excluding carboxylic acids is 1. The first-order valence-electron chi connectivity index (χ1n) is 5.27. The number of methoxy groups -OCH3 is 1. The van der Waals surface area contributed by atoms with E-state index in [1.807, 2.05) is 31.2 Å². The number of anilines is 1. The van der Waals surface area contributed by atoms with Gasteiger partial charge in [0, 0.05) is 19.2 Å². The Balaban J connectivity index is 2.52. The molecule has 0 aliphatic carbocycles. The summed E-state index contributed by atoms with van der Waals surface area (Å²) in [4.78, 5) is 11.4. The van der Waals surface area contributed by atoms with Gasteiger partial charge in [-0.2, -0.15) is 0 Å². The van der Waals surface area contributed by atoms with Gasteiger partial charge in [-0.05, 0) is 24.6 Å². The molecule has 16 heavy (non-hydrogen) atoms. The van der Waals surface area contributed by atoms with Crippen molar-refractivity contribution in [1.82, 2.24) is 5.32 Å². The van der Waals surface area contributed by atoms with Crippen LogP contribution in [0.3, 0.4) is 0 Å². The van der Waals surface area contributed by atoms with Crippen molar-refractivity contribution in [3.8, 4) is 0 Å². The van der Waals surface area contributed by atoms with Crippen LogP contribution in [-0.4, -0.2) is 19.6 Å². The second-order valence-electron chi connectivity index (χ2n) is 3.70. The van der Waals surface area contributed by atoms with Crippen LogP contribution in [0.1, 0.15) is 24.9 Å². The fourth-order valence-corrected chi connectivity index (χ4v) is 1.42. The van der Waals surface area contributed by atoms with Crippen LogP contribution < -0.4 is 11.1 Å². The molecule has 4 nitrogen and oxygen atoms in total. The SMILES string of the molecule is COCCC(=O)NC(C)c1cccc(N)c1. The minimum absolute atomic E-state index is 0.0169. The molecule has 1 aromatic rings. The number of nitrogens with two attached hydrogens (primary N) is 1. The molecule has 4 heteroatoms. The average Bonchev–Trinajstić information content (AvgIpc) is 2.26. The lowest BCUT2D eigenvalue weighted by Crippen LogP contribution is -2.27. The Hall–Kier alpha value is -1.55. The molecular weight excluding hydrogens is 204 g/mol. The van der Waals surface area contributed by atoms with Crippen molar-refractivity contribution in [2.45, 2.75) is 19.4 Å². The first kappa shape index (κ1) is 12.5. The molecule has 0 fully saturated rings. The smallest absolute Gasteiger partial charge is 0.222 e. The standard InChI is InChI=1S/C12H18N2O2/c1-9(14-12(15)6-7-16-2)10-4-3-5-11(13)8-10/h3-5,8-9H,6-7,13H2,1-2H3,(H,14,15). The van der Waals surface area contributed by atoms with Crippen LogP contribution in [0.15, 0.2) is 24.3 Å². The predicted octanol–water partition coefficient (Wildman–Crippen LogP) is 1.48. The summed E-state index contributed by atoms with van der Waals surface area (Å²) >= 11 is 0. The molecule has 0 heterocycles. The monoisotopic (exact) mass is 222 g/mol. The molecule has 0 aromatic heterocycles. The van der Waals surface area contributed by atoms with E-state index in [-0.39, 0.29) is 11.9 Å². The van der Waals surface area contributed by atoms with Crippen LogP contribution in [0, 0.1) is 0 Å². The highest BCUT2D eigenvalue weighted by atomic mass is 16.5. The van der Waals surface area contributed by atoms with Crippen LogP contribution in [-0.2, 0) is 9.53 Å². The van der Waals surface area contributed by atoms with Gasteiger partial charge < -0.3 is 15.8 Å². The fraction of sp³-hybridized carbons (Fsp3) is 0.417. The first-order valence-corrected chi connectivity index (χ1v) is 5.27. The topological polar surface area (TPSA) is 64.3 Å². The van der Waals surface area contributed by atoms with Crippen LogP contribution in [0.2, 0.25) is 0 Å². The summed E-state index contributed by atoms with van der Waals surface area (Å²) in [5.41, 5.74) is 7.38. The largest absolute Gasteiger partial charge is 0.399 e. The Labute approximate surface area is 95.8 Å². The summed E-state index contributed by atoms with van der Waals surface area (Å²) in [6, 6.07) is 7.47. The fourth-order valence-electron chi connectivity index (χ4n) is 1.42. The summed E-state index contributed by atoms with van der Waals surface area (Å²) < 4.78 is 4.84. The Morgan fingerprint density at radius 1 is 1.56 bits per heavy atom. The third-order valence-electron chi connectivity index (χ3n) is 2.32. The molecule has 1 unspecified atom stereocenters. The number of nitrogen functional groups attached to an aromatic ring is 1. The van der Waals surface area contributed by atoms with Gasteiger partial charge in [-0.25, -0.2) is 0 Å². The van der Waals surface area contributed by atoms with Crippen molar-refractivity contribution >= 4 is 11.6 Å². The molecule has 1 atom stereocenters. The number of hydrogen-bond donors (Lipinski definition) is 2. The quantitative estimate of drug-likeness (QED) is 0.742. The van der Waals surface area contributed by atoms with E-state index < -0.39 is 0 Å². The van der Waals surface area contributed by atoms with E-state index >= 15 is 0 Å². The van der Waals surface area contributed by atoms with Crippen molar-refractivity contribution in [2.24, 2.45) is 0 Å². The lowest BCUT2D eigenvalue weighted by atomic mass is 10.1. The molecule has 88 valence electrons. The number of nitrogens with one attached hydrogen (secondary N) is 1. The van der Waals surface area contributed by atoms with Gasteiger partial charge in [0.2, 0.25) is 5.91 Å². The second kappa shape index (κ2) is 6.12. The highest BCUT2D eigenvalue weighted by Crippen LogP contribution is 2.15. The van der Waals surface area contributed by atoms with E-state index in [2.05, 4.69) is 5.32 Å². The average molecular weight is 222 g/mol. The third-order valence-corrected chi connectivity index (χ3v) is 2.32. The van der Waals surface area contributed by atoms with Crippen LogP contribution >= 0.6 is 0 Å². The highest BCUT2D eigenvalue weighted by molar-refractivity contribution is 5.76. The van der Waals surface area contributed by atoms with E-state index in [0.29, 0.717) is 18.7 Å². The maximum Gasteiger partial charge on any atom is 0.222 e.